The van der Waals surface area contributed by atoms with Gasteiger partial charge in [-0.25, -0.2) is 13.2 Å². The van der Waals surface area contributed by atoms with Gasteiger partial charge < -0.3 is 9.84 Å². The number of aliphatic hydroxyl groups is 1. The molecule has 1 aromatic carbocycles. The quantitative estimate of drug-likeness (QED) is 0.338. The third-order valence-corrected chi connectivity index (χ3v) is 6.45. The first kappa shape index (κ1) is 26.5. The zero-order valence-corrected chi connectivity index (χ0v) is 19.8. The predicted molar refractivity (Wildman–Crippen MR) is 120 cm³/mol. The van der Waals surface area contributed by atoms with Gasteiger partial charge in [0.2, 0.25) is 0 Å². The molecule has 1 aliphatic heterocycles. The van der Waals surface area contributed by atoms with Crippen LogP contribution in [0.1, 0.15) is 27.7 Å². The van der Waals surface area contributed by atoms with Crippen molar-refractivity contribution in [2.75, 3.05) is 19.8 Å². The molecule has 1 N–H and O–H groups in total. The molecule has 2 atom stereocenters. The molecule has 0 bridgehead atoms. The van der Waals surface area contributed by atoms with Gasteiger partial charge in [-0.3, -0.25) is 19.9 Å². The highest BCUT2D eigenvalue weighted by molar-refractivity contribution is 7.89. The van der Waals surface area contributed by atoms with E-state index in [1.165, 1.54) is 29.2 Å². The van der Waals surface area contributed by atoms with Crippen molar-refractivity contribution >= 4 is 21.8 Å². The molecule has 182 valence electrons. The number of sulfonamides is 1. The van der Waals surface area contributed by atoms with Crippen molar-refractivity contribution in [3.8, 4) is 0 Å². The molecule has 0 spiro atoms. The van der Waals surface area contributed by atoms with Gasteiger partial charge in [0.05, 0.1) is 30.2 Å². The van der Waals surface area contributed by atoms with E-state index < -0.39 is 55.9 Å². The number of rotatable bonds is 8. The van der Waals surface area contributed by atoms with E-state index in [4.69, 9.17) is 9.57 Å². The van der Waals surface area contributed by atoms with Gasteiger partial charge >= 0.3 is 6.09 Å². The summed E-state index contributed by atoms with van der Waals surface area (Å²) in [6.45, 7) is 9.36. The molecule has 33 heavy (non-hydrogen) atoms. The number of nitro benzene ring substituents is 1. The lowest BCUT2D eigenvalue weighted by Crippen LogP contribution is -2.56. The van der Waals surface area contributed by atoms with Gasteiger partial charge in [0.1, 0.15) is 5.60 Å². The van der Waals surface area contributed by atoms with E-state index in [2.05, 4.69) is 6.58 Å². The standard InChI is InChI=1S/C21H29N3O8S/c1-6-11-31-24(33(29,30)19-10-8-7-9-17(19)23(27)28)18-13-22(16(14-25)12-15(18)2)20(26)32-21(3,4)5/h6-10,12,16,18,25H,1,11,13-14H2,2-5H3/t16-,18+/m1/s1. The molecule has 0 aromatic heterocycles. The number of hydroxylamine groups is 1. The van der Waals surface area contributed by atoms with Crippen LogP contribution in [0.5, 0.6) is 0 Å². The fraction of sp³-hybridized carbons (Fsp3) is 0.476. The lowest BCUT2D eigenvalue weighted by molar-refractivity contribution is -0.388. The van der Waals surface area contributed by atoms with Gasteiger partial charge in [0.25, 0.3) is 15.7 Å². The fourth-order valence-corrected chi connectivity index (χ4v) is 4.88. The van der Waals surface area contributed by atoms with Crippen molar-refractivity contribution < 1.29 is 32.8 Å². The Kier molecular flexibility index (Phi) is 8.36. The van der Waals surface area contributed by atoms with Crippen LogP contribution >= 0.6 is 0 Å². The van der Waals surface area contributed by atoms with Crippen LogP contribution in [0.3, 0.4) is 0 Å². The first-order valence-electron chi connectivity index (χ1n) is 10.1. The molecule has 0 unspecified atom stereocenters. The Hall–Kier alpha value is -2.80. The van der Waals surface area contributed by atoms with Crippen molar-refractivity contribution in [2.24, 2.45) is 0 Å². The number of nitro groups is 1. The topological polar surface area (TPSA) is 140 Å². The molecule has 0 aliphatic carbocycles. The zero-order valence-electron chi connectivity index (χ0n) is 19.0. The summed E-state index contributed by atoms with van der Waals surface area (Å²) in [7, 11) is -4.55. The van der Waals surface area contributed by atoms with Crippen molar-refractivity contribution in [1.82, 2.24) is 9.37 Å². The Morgan fingerprint density at radius 1 is 1.39 bits per heavy atom. The molecule has 2 rings (SSSR count). The minimum atomic E-state index is -4.55. The SMILES string of the molecule is C=CCON([C@H]1CN(C(=O)OC(C)(C)C)[C@@H](CO)C=C1C)S(=O)(=O)c1ccccc1[N+](=O)[O-]. The van der Waals surface area contributed by atoms with Crippen molar-refractivity contribution in [3.05, 3.63) is 58.7 Å². The molecule has 0 saturated carbocycles. The first-order chi connectivity index (χ1) is 15.3. The van der Waals surface area contributed by atoms with Crippen LogP contribution in [0.2, 0.25) is 0 Å². The summed E-state index contributed by atoms with van der Waals surface area (Å²) in [6.07, 6.45) is 2.12. The fourth-order valence-electron chi connectivity index (χ4n) is 3.26. The van der Waals surface area contributed by atoms with Crippen LogP contribution < -0.4 is 0 Å². The average molecular weight is 484 g/mol. The third-order valence-electron chi connectivity index (χ3n) is 4.72. The Morgan fingerprint density at radius 2 is 2.03 bits per heavy atom. The largest absolute Gasteiger partial charge is 0.444 e. The van der Waals surface area contributed by atoms with Crippen molar-refractivity contribution in [1.29, 1.82) is 0 Å². The van der Waals surface area contributed by atoms with Gasteiger partial charge in [-0.1, -0.05) is 34.3 Å². The summed E-state index contributed by atoms with van der Waals surface area (Å²) in [5.74, 6) is 0. The number of ether oxygens (including phenoxy) is 1. The second-order valence-corrected chi connectivity index (χ2v) is 10.1. The predicted octanol–water partition coefficient (Wildman–Crippen LogP) is 2.63. The Morgan fingerprint density at radius 3 is 2.58 bits per heavy atom. The van der Waals surface area contributed by atoms with Gasteiger partial charge in [0.15, 0.2) is 4.90 Å². The zero-order chi connectivity index (χ0) is 25.0. The lowest BCUT2D eigenvalue weighted by atomic mass is 10.0. The second kappa shape index (κ2) is 10.4. The van der Waals surface area contributed by atoms with Crippen LogP contribution in [0.25, 0.3) is 0 Å². The van der Waals surface area contributed by atoms with Gasteiger partial charge in [-0.15, -0.1) is 6.58 Å². The average Bonchev–Trinajstić information content (AvgIpc) is 2.73. The van der Waals surface area contributed by atoms with Crippen LogP contribution in [0, 0.1) is 10.1 Å². The molecular weight excluding hydrogens is 454 g/mol. The van der Waals surface area contributed by atoms with Gasteiger partial charge in [-0.05, 0) is 33.8 Å². The number of nitrogens with zero attached hydrogens (tertiary/aromatic N) is 3. The number of para-hydroxylation sites is 1. The summed E-state index contributed by atoms with van der Waals surface area (Å²) in [5.41, 5.74) is -0.946. The van der Waals surface area contributed by atoms with E-state index >= 15 is 0 Å². The maximum atomic E-state index is 13.5. The molecule has 0 radical (unpaired) electrons. The molecule has 0 fully saturated rings. The lowest BCUT2D eigenvalue weighted by Gasteiger charge is -2.40. The highest BCUT2D eigenvalue weighted by Gasteiger charge is 2.43. The number of amides is 1. The summed E-state index contributed by atoms with van der Waals surface area (Å²) in [4.78, 5) is 29.6. The molecule has 12 heteroatoms. The van der Waals surface area contributed by atoms with Gasteiger partial charge in [-0.2, -0.15) is 0 Å². The molecule has 1 aliphatic rings. The van der Waals surface area contributed by atoms with E-state index in [-0.39, 0.29) is 13.2 Å². The Bertz CT molecular complexity index is 1030. The van der Waals surface area contributed by atoms with E-state index in [1.807, 2.05) is 0 Å². The summed E-state index contributed by atoms with van der Waals surface area (Å²) < 4.78 is 33.1. The van der Waals surface area contributed by atoms with E-state index in [9.17, 15) is 28.4 Å². The van der Waals surface area contributed by atoms with E-state index in [0.717, 1.165) is 12.1 Å². The number of aliphatic hydroxyl groups excluding tert-OH is 1. The molecule has 11 nitrogen and oxygen atoms in total. The third kappa shape index (κ3) is 6.16. The van der Waals surface area contributed by atoms with Crippen LogP contribution in [-0.4, -0.2) is 71.4 Å². The smallest absolute Gasteiger partial charge is 0.410 e. The second-order valence-electron chi connectivity index (χ2n) is 8.38. The number of carbonyl (C=O) groups is 1. The van der Waals surface area contributed by atoms with Crippen molar-refractivity contribution in [3.63, 3.8) is 0 Å². The normalized spacial score (nSPS) is 19.2. The maximum Gasteiger partial charge on any atom is 0.410 e. The monoisotopic (exact) mass is 483 g/mol. The van der Waals surface area contributed by atoms with E-state index in [1.54, 1.807) is 27.7 Å². The summed E-state index contributed by atoms with van der Waals surface area (Å²) in [6, 6.07) is 3.13. The number of hydrogen-bond acceptors (Lipinski definition) is 8. The highest BCUT2D eigenvalue weighted by atomic mass is 32.2. The van der Waals surface area contributed by atoms with Crippen molar-refractivity contribution in [2.45, 2.75) is 50.3 Å². The summed E-state index contributed by atoms with van der Waals surface area (Å²) in [5, 5.41) is 21.2. The highest BCUT2D eigenvalue weighted by Crippen LogP contribution is 2.32. The number of benzene rings is 1. The Labute approximate surface area is 193 Å². The minimum Gasteiger partial charge on any atom is -0.444 e. The Balaban J connectivity index is 2.55. The van der Waals surface area contributed by atoms with Crippen LogP contribution in [0.15, 0.2) is 53.5 Å². The van der Waals surface area contributed by atoms with Crippen LogP contribution in [0.4, 0.5) is 10.5 Å². The van der Waals surface area contributed by atoms with Gasteiger partial charge in [0, 0.05) is 12.6 Å². The molecule has 1 heterocycles. The number of hydrogen-bond donors (Lipinski definition) is 1. The maximum absolute atomic E-state index is 13.5. The number of carbonyl (C=O) groups excluding carboxylic acids is 1. The van der Waals surface area contributed by atoms with Crippen LogP contribution in [-0.2, 0) is 19.6 Å². The first-order valence-corrected chi connectivity index (χ1v) is 11.6. The van der Waals surface area contributed by atoms with E-state index in [0.29, 0.717) is 10.0 Å². The molecule has 1 aromatic rings. The molecular formula is C21H29N3O8S. The summed E-state index contributed by atoms with van der Waals surface area (Å²) >= 11 is 0. The minimum absolute atomic E-state index is 0.209. The molecule has 0 saturated heterocycles. The molecule has 1 amide bonds.